The van der Waals surface area contributed by atoms with Crippen molar-refractivity contribution in [2.45, 2.75) is 58.2 Å². The maximum absolute atomic E-state index is 13.7. The first-order chi connectivity index (χ1) is 12.2. The van der Waals surface area contributed by atoms with Crippen LogP contribution >= 0.6 is 0 Å². The third-order valence-corrected chi connectivity index (χ3v) is 4.55. The monoisotopic (exact) mass is 404 g/mol. The Morgan fingerprint density at radius 3 is 2.33 bits per heavy atom. The molecule has 0 amide bonds. The van der Waals surface area contributed by atoms with Crippen molar-refractivity contribution in [2.24, 2.45) is 11.8 Å². The normalized spacial score (nSPS) is 22.9. The molecule has 1 fully saturated rings. The van der Waals surface area contributed by atoms with Gasteiger partial charge in [0.15, 0.2) is 0 Å². The zero-order chi connectivity index (χ0) is 20.8. The molecule has 1 aliphatic carbocycles. The van der Waals surface area contributed by atoms with Gasteiger partial charge in [0, 0.05) is 31.9 Å². The number of esters is 1. The highest BCUT2D eigenvalue weighted by Gasteiger charge is 2.57. The number of nitrogens with zero attached hydrogens (tertiary/aromatic N) is 2. The number of halogens is 7. The Kier molecular flexibility index (Phi) is 5.55. The van der Waals surface area contributed by atoms with Gasteiger partial charge in [0.05, 0.1) is 12.5 Å². The first-order valence-corrected chi connectivity index (χ1v) is 8.24. The molecule has 1 aromatic heterocycles. The quantitative estimate of drug-likeness (QED) is 0.528. The first kappa shape index (κ1) is 21.5. The van der Waals surface area contributed by atoms with Crippen molar-refractivity contribution in [3.8, 4) is 0 Å². The zero-order valence-corrected chi connectivity index (χ0v) is 14.8. The van der Waals surface area contributed by atoms with Crippen molar-refractivity contribution < 1.29 is 40.3 Å². The van der Waals surface area contributed by atoms with E-state index in [1.807, 2.05) is 0 Å². The molecule has 1 heterocycles. The summed E-state index contributed by atoms with van der Waals surface area (Å²) in [6, 6.07) is 0. The fourth-order valence-electron chi connectivity index (χ4n) is 3.45. The van der Waals surface area contributed by atoms with Gasteiger partial charge in [-0.15, -0.1) is 0 Å². The highest BCUT2D eigenvalue weighted by Crippen LogP contribution is 2.50. The van der Waals surface area contributed by atoms with E-state index < -0.39 is 66.6 Å². The summed E-state index contributed by atoms with van der Waals surface area (Å²) in [5, 5.41) is 3.57. The minimum absolute atomic E-state index is 0.103. The number of hydrogen-bond acceptors (Lipinski definition) is 3. The van der Waals surface area contributed by atoms with Gasteiger partial charge in [-0.05, 0) is 19.8 Å². The molecule has 1 aromatic rings. The van der Waals surface area contributed by atoms with Gasteiger partial charge in [0.25, 0.3) is 5.92 Å². The van der Waals surface area contributed by atoms with Crippen molar-refractivity contribution in [3.63, 3.8) is 0 Å². The van der Waals surface area contributed by atoms with E-state index in [1.54, 1.807) is 0 Å². The van der Waals surface area contributed by atoms with E-state index in [2.05, 4.69) is 5.10 Å². The molecule has 0 radical (unpaired) electrons. The Hall–Kier alpha value is -1.81. The summed E-state index contributed by atoms with van der Waals surface area (Å²) < 4.78 is 99.5. The fourth-order valence-corrected chi connectivity index (χ4v) is 3.45. The average Bonchev–Trinajstić information content (AvgIpc) is 2.95. The van der Waals surface area contributed by atoms with Crippen LogP contribution < -0.4 is 0 Å². The van der Waals surface area contributed by atoms with Crippen molar-refractivity contribution in [1.82, 2.24) is 9.78 Å². The van der Waals surface area contributed by atoms with Crippen LogP contribution in [0.4, 0.5) is 30.7 Å². The molecule has 0 aliphatic heterocycles. The maximum Gasteiger partial charge on any atom is 0.392 e. The molecule has 4 nitrogen and oxygen atoms in total. The third-order valence-electron chi connectivity index (χ3n) is 4.55. The van der Waals surface area contributed by atoms with E-state index in [1.165, 1.54) is 6.92 Å². The van der Waals surface area contributed by atoms with Crippen LogP contribution in [-0.4, -0.2) is 34.5 Å². The first-order valence-electron chi connectivity index (χ1n) is 8.24. The van der Waals surface area contributed by atoms with E-state index in [9.17, 15) is 35.5 Å². The lowest BCUT2D eigenvalue weighted by atomic mass is 9.95. The van der Waals surface area contributed by atoms with Gasteiger partial charge in [0.2, 0.25) is 5.92 Å². The van der Waals surface area contributed by atoms with Gasteiger partial charge in [-0.1, -0.05) is 0 Å². The summed E-state index contributed by atoms with van der Waals surface area (Å²) in [6.07, 6.45) is -7.34. The van der Waals surface area contributed by atoms with Crippen LogP contribution in [-0.2, 0) is 17.2 Å². The summed E-state index contributed by atoms with van der Waals surface area (Å²) in [6.45, 7) is 2.29. The number of hydrogen-bond donors (Lipinski definition) is 0. The molecule has 0 spiro atoms. The van der Waals surface area contributed by atoms with E-state index in [-0.39, 0.29) is 12.2 Å². The minimum Gasteiger partial charge on any atom is -0.461 e. The van der Waals surface area contributed by atoms with Crippen LogP contribution in [0.25, 0.3) is 0 Å². The van der Waals surface area contributed by atoms with Gasteiger partial charge >= 0.3 is 12.1 Å². The average molecular weight is 404 g/mol. The van der Waals surface area contributed by atoms with E-state index in [0.717, 1.165) is 6.92 Å². The summed E-state index contributed by atoms with van der Waals surface area (Å²) in [5.41, 5.74) is -1.52. The van der Waals surface area contributed by atoms with Crippen molar-refractivity contribution >= 4 is 5.97 Å². The van der Waals surface area contributed by atoms with Gasteiger partial charge in [-0.3, -0.25) is 4.68 Å². The molecule has 0 aromatic carbocycles. The molecule has 27 heavy (non-hydrogen) atoms. The van der Waals surface area contributed by atoms with Gasteiger partial charge in [-0.2, -0.15) is 27.1 Å². The molecule has 1 aliphatic rings. The van der Waals surface area contributed by atoms with Crippen molar-refractivity contribution in [1.29, 1.82) is 0 Å². The van der Waals surface area contributed by atoms with Gasteiger partial charge < -0.3 is 4.74 Å². The Morgan fingerprint density at radius 1 is 1.26 bits per heavy atom. The predicted molar refractivity (Wildman–Crippen MR) is 79.7 cm³/mol. The lowest BCUT2D eigenvalue weighted by Gasteiger charge is -2.22. The second-order valence-corrected chi connectivity index (χ2v) is 6.79. The van der Waals surface area contributed by atoms with Crippen molar-refractivity contribution in [3.05, 3.63) is 17.0 Å². The number of alkyl halides is 7. The van der Waals surface area contributed by atoms with Crippen molar-refractivity contribution in [2.75, 3.05) is 6.61 Å². The lowest BCUT2D eigenvalue weighted by Crippen LogP contribution is -2.30. The lowest BCUT2D eigenvalue weighted by molar-refractivity contribution is -0.188. The SMILES string of the molecule is CCOC(=O)c1c(C)c(C(C)(F)F)nn1CC1CC(F)(F)C[C@H]1C(F)(F)F. The second kappa shape index (κ2) is 6.97. The minimum atomic E-state index is -4.88. The maximum atomic E-state index is 13.7. The molecule has 1 unspecified atom stereocenters. The number of rotatable bonds is 5. The van der Waals surface area contributed by atoms with Gasteiger partial charge in [-0.25, -0.2) is 13.6 Å². The predicted octanol–water partition coefficient (Wildman–Crippen LogP) is 4.70. The zero-order valence-electron chi connectivity index (χ0n) is 14.8. The molecular formula is C16H19F7N2O2. The molecular weight excluding hydrogens is 385 g/mol. The Bertz CT molecular complexity index is 707. The third kappa shape index (κ3) is 4.55. The topological polar surface area (TPSA) is 44.1 Å². The smallest absolute Gasteiger partial charge is 0.392 e. The van der Waals surface area contributed by atoms with Crippen LogP contribution in [0, 0.1) is 18.8 Å². The summed E-state index contributed by atoms with van der Waals surface area (Å²) >= 11 is 0. The number of carbonyl (C=O) groups excluding carboxylic acids is 1. The molecule has 0 bridgehead atoms. The molecule has 2 rings (SSSR count). The molecule has 154 valence electrons. The highest BCUT2D eigenvalue weighted by molar-refractivity contribution is 5.89. The summed E-state index contributed by atoms with van der Waals surface area (Å²) in [4.78, 5) is 12.1. The largest absolute Gasteiger partial charge is 0.461 e. The highest BCUT2D eigenvalue weighted by atomic mass is 19.4. The number of aromatic nitrogens is 2. The molecule has 1 saturated carbocycles. The number of carbonyl (C=O) groups is 1. The fraction of sp³-hybridized carbons (Fsp3) is 0.750. The molecule has 0 N–H and O–H groups in total. The van der Waals surface area contributed by atoms with Gasteiger partial charge in [0.1, 0.15) is 11.4 Å². The Balaban J connectivity index is 2.46. The molecule has 11 heteroatoms. The Morgan fingerprint density at radius 2 is 1.85 bits per heavy atom. The van der Waals surface area contributed by atoms with Crippen LogP contribution in [0.2, 0.25) is 0 Å². The Labute approximate surface area is 150 Å². The molecule has 2 atom stereocenters. The van der Waals surface area contributed by atoms with E-state index in [4.69, 9.17) is 4.74 Å². The van der Waals surface area contributed by atoms with Crippen LogP contribution in [0.1, 0.15) is 48.4 Å². The number of ether oxygens (including phenoxy) is 1. The van der Waals surface area contributed by atoms with E-state index >= 15 is 0 Å². The second-order valence-electron chi connectivity index (χ2n) is 6.79. The molecule has 0 saturated heterocycles. The van der Waals surface area contributed by atoms with Crippen LogP contribution in [0.3, 0.4) is 0 Å². The standard InChI is InChI=1S/C16H19F7N2O2/c1-4-27-13(26)11-8(2)12(14(3,17)18)24-25(11)7-9-5-15(19,20)6-10(9)16(21,22)23/h9-10H,4-7H2,1-3H3/t9?,10-/m1/s1. The van der Waals surface area contributed by atoms with Crippen LogP contribution in [0.15, 0.2) is 0 Å². The van der Waals surface area contributed by atoms with Crippen LogP contribution in [0.5, 0.6) is 0 Å². The summed E-state index contributed by atoms with van der Waals surface area (Å²) in [5.74, 6) is -12.0. The van der Waals surface area contributed by atoms with E-state index in [0.29, 0.717) is 11.6 Å². The summed E-state index contributed by atoms with van der Waals surface area (Å²) in [7, 11) is 0.